The number of carbonyl (C=O) groups is 1. The Morgan fingerprint density at radius 1 is 1.17 bits per heavy atom. The van der Waals surface area contributed by atoms with Crippen molar-refractivity contribution in [2.75, 3.05) is 0 Å². The molecule has 0 aliphatic carbocycles. The van der Waals surface area contributed by atoms with Gasteiger partial charge in [0.25, 0.3) is 0 Å². The Bertz CT molecular complexity index is 443. The maximum absolute atomic E-state index is 12.0. The van der Waals surface area contributed by atoms with Gasteiger partial charge in [-0.15, -0.1) is 0 Å². The Morgan fingerprint density at radius 2 is 1.78 bits per heavy atom. The Hall–Kier alpha value is -0.890. The van der Waals surface area contributed by atoms with Gasteiger partial charge in [0.15, 0.2) is 9.84 Å². The first-order valence-electron chi connectivity index (χ1n) is 6.68. The third-order valence-corrected chi connectivity index (χ3v) is 6.97. The average Bonchev–Trinajstić information content (AvgIpc) is 2.56. The summed E-state index contributed by atoms with van der Waals surface area (Å²) >= 11 is 0. The average molecular weight is 269 g/mol. The number of unbranched alkanes of at least 4 members (excludes halogenated alkanes) is 2. The van der Waals surface area contributed by atoms with Crippen LogP contribution in [0.1, 0.15) is 51.4 Å². The van der Waals surface area contributed by atoms with E-state index in [1.807, 2.05) is 0 Å². The molecule has 2 unspecified atom stereocenters. The highest BCUT2D eigenvalue weighted by atomic mass is 32.2. The fraction of sp³-hybridized carbons (Fsp3) is 0.846. The van der Waals surface area contributed by atoms with Gasteiger partial charge in [0.1, 0.15) is 5.78 Å². The van der Waals surface area contributed by atoms with Crippen LogP contribution < -0.4 is 0 Å². The van der Waals surface area contributed by atoms with Crippen molar-refractivity contribution in [1.29, 1.82) is 5.26 Å². The summed E-state index contributed by atoms with van der Waals surface area (Å²) in [6.07, 6.45) is 5.08. The molecule has 5 heteroatoms. The summed E-state index contributed by atoms with van der Waals surface area (Å²) in [4.78, 5) is 12.0. The Balaban J connectivity index is 1.86. The van der Waals surface area contributed by atoms with Crippen molar-refractivity contribution >= 4 is 15.6 Å². The van der Waals surface area contributed by atoms with E-state index in [0.717, 1.165) is 25.7 Å². The molecule has 2 atom stereocenters. The molecule has 0 amide bonds. The van der Waals surface area contributed by atoms with Crippen LogP contribution in [0.15, 0.2) is 0 Å². The SMILES string of the molecule is N#CCCCCC(=O)C1CC2CCC(C1)S2(=O)=O. The van der Waals surface area contributed by atoms with Gasteiger partial charge >= 0.3 is 0 Å². The van der Waals surface area contributed by atoms with Crippen LogP contribution in [-0.4, -0.2) is 24.7 Å². The lowest BCUT2D eigenvalue weighted by atomic mass is 9.91. The molecule has 18 heavy (non-hydrogen) atoms. The molecular formula is C13H19NO3S. The second-order valence-corrected chi connectivity index (χ2v) is 7.92. The summed E-state index contributed by atoms with van der Waals surface area (Å²) < 4.78 is 23.8. The van der Waals surface area contributed by atoms with Crippen LogP contribution in [-0.2, 0) is 14.6 Å². The summed E-state index contributed by atoms with van der Waals surface area (Å²) in [6.45, 7) is 0. The molecular weight excluding hydrogens is 250 g/mol. The van der Waals surface area contributed by atoms with Crippen molar-refractivity contribution in [1.82, 2.24) is 0 Å². The molecule has 0 aromatic carbocycles. The quantitative estimate of drug-likeness (QED) is 0.715. The summed E-state index contributed by atoms with van der Waals surface area (Å²) in [7, 11) is -2.92. The molecule has 2 heterocycles. The number of sulfone groups is 1. The third-order valence-electron chi connectivity index (χ3n) is 4.25. The summed E-state index contributed by atoms with van der Waals surface area (Å²) in [5.74, 6) is 0.160. The van der Waals surface area contributed by atoms with Crippen LogP contribution >= 0.6 is 0 Å². The molecule has 0 saturated carbocycles. The van der Waals surface area contributed by atoms with E-state index in [2.05, 4.69) is 6.07 Å². The lowest BCUT2D eigenvalue weighted by molar-refractivity contribution is -0.123. The summed E-state index contributed by atoms with van der Waals surface area (Å²) in [5, 5.41) is 7.89. The maximum atomic E-state index is 12.0. The molecule has 4 nitrogen and oxygen atoms in total. The summed E-state index contributed by atoms with van der Waals surface area (Å²) in [6, 6.07) is 2.07. The Kier molecular flexibility index (Phi) is 4.06. The number of nitriles is 1. The molecule has 0 N–H and O–H groups in total. The summed E-state index contributed by atoms with van der Waals surface area (Å²) in [5.41, 5.74) is 0. The van der Waals surface area contributed by atoms with Crippen LogP contribution in [0.5, 0.6) is 0 Å². The molecule has 2 fully saturated rings. The largest absolute Gasteiger partial charge is 0.299 e. The van der Waals surface area contributed by atoms with E-state index in [-0.39, 0.29) is 22.2 Å². The highest BCUT2D eigenvalue weighted by Gasteiger charge is 2.48. The first-order valence-corrected chi connectivity index (χ1v) is 8.29. The highest BCUT2D eigenvalue weighted by molar-refractivity contribution is 7.93. The first kappa shape index (κ1) is 13.5. The van der Waals surface area contributed by atoms with Crippen LogP contribution in [0, 0.1) is 17.2 Å². The number of ketones is 1. The lowest BCUT2D eigenvalue weighted by Gasteiger charge is -2.26. The first-order chi connectivity index (χ1) is 8.55. The van der Waals surface area contributed by atoms with E-state index >= 15 is 0 Å². The third kappa shape index (κ3) is 2.59. The smallest absolute Gasteiger partial charge is 0.156 e. The zero-order valence-corrected chi connectivity index (χ0v) is 11.3. The number of nitrogens with zero attached hydrogens (tertiary/aromatic N) is 1. The van der Waals surface area contributed by atoms with Gasteiger partial charge < -0.3 is 0 Å². The van der Waals surface area contributed by atoms with Crippen molar-refractivity contribution in [3.05, 3.63) is 0 Å². The van der Waals surface area contributed by atoms with Gasteiger partial charge in [0.2, 0.25) is 0 Å². The standard InChI is InChI=1S/C13H19NO3S/c14-7-3-1-2-4-13(15)10-8-11-5-6-12(9-10)18(11,16)17/h10-12H,1-6,8-9H2. The van der Waals surface area contributed by atoms with E-state index in [0.29, 0.717) is 25.7 Å². The number of hydrogen-bond donors (Lipinski definition) is 0. The van der Waals surface area contributed by atoms with Gasteiger partial charge in [-0.05, 0) is 38.5 Å². The molecule has 2 bridgehead atoms. The predicted octanol–water partition coefficient (Wildman–Crippen LogP) is 2.00. The van der Waals surface area contributed by atoms with Crippen molar-refractivity contribution < 1.29 is 13.2 Å². The predicted molar refractivity (Wildman–Crippen MR) is 67.5 cm³/mol. The van der Waals surface area contributed by atoms with Gasteiger partial charge in [-0.25, -0.2) is 8.42 Å². The second kappa shape index (κ2) is 5.40. The van der Waals surface area contributed by atoms with Gasteiger partial charge in [0.05, 0.1) is 16.6 Å². The van der Waals surface area contributed by atoms with Crippen molar-refractivity contribution in [2.45, 2.75) is 61.9 Å². The van der Waals surface area contributed by atoms with E-state index in [4.69, 9.17) is 5.26 Å². The monoisotopic (exact) mass is 269 g/mol. The van der Waals surface area contributed by atoms with E-state index in [1.165, 1.54) is 0 Å². The normalized spacial score (nSPS) is 32.9. The zero-order valence-electron chi connectivity index (χ0n) is 10.5. The van der Waals surface area contributed by atoms with E-state index in [9.17, 15) is 13.2 Å². The van der Waals surface area contributed by atoms with E-state index in [1.54, 1.807) is 0 Å². The molecule has 0 aromatic heterocycles. The number of Topliss-reactive ketones (excluding diaryl/α,β-unsaturated/α-hetero) is 1. The lowest BCUT2D eigenvalue weighted by Crippen LogP contribution is -2.36. The molecule has 2 rings (SSSR count). The minimum atomic E-state index is -2.92. The minimum Gasteiger partial charge on any atom is -0.299 e. The Labute approximate surface area is 108 Å². The van der Waals surface area contributed by atoms with Gasteiger partial charge in [0, 0.05) is 18.8 Å². The van der Waals surface area contributed by atoms with Gasteiger partial charge in [-0.2, -0.15) is 5.26 Å². The molecule has 0 spiro atoms. The number of hydrogen-bond acceptors (Lipinski definition) is 4. The van der Waals surface area contributed by atoms with Crippen molar-refractivity contribution in [3.8, 4) is 6.07 Å². The molecule has 0 radical (unpaired) electrons. The molecule has 2 aliphatic rings. The Morgan fingerprint density at radius 3 is 2.33 bits per heavy atom. The number of fused-ring (bicyclic) bond motifs is 2. The van der Waals surface area contributed by atoms with Crippen molar-refractivity contribution in [2.24, 2.45) is 5.92 Å². The minimum absolute atomic E-state index is 0.0480. The molecule has 100 valence electrons. The maximum Gasteiger partial charge on any atom is 0.156 e. The fourth-order valence-corrected chi connectivity index (χ4v) is 5.65. The molecule has 2 aliphatic heterocycles. The number of carbonyl (C=O) groups excluding carboxylic acids is 1. The fourth-order valence-electron chi connectivity index (χ4n) is 3.18. The van der Waals surface area contributed by atoms with E-state index < -0.39 is 9.84 Å². The molecule has 0 aromatic rings. The van der Waals surface area contributed by atoms with Crippen LogP contribution in [0.3, 0.4) is 0 Å². The van der Waals surface area contributed by atoms with Gasteiger partial charge in [-0.3, -0.25) is 4.79 Å². The molecule has 2 saturated heterocycles. The topological polar surface area (TPSA) is 75.0 Å². The second-order valence-electron chi connectivity index (χ2n) is 5.41. The van der Waals surface area contributed by atoms with Crippen LogP contribution in [0.2, 0.25) is 0 Å². The zero-order chi connectivity index (χ0) is 13.2. The number of rotatable bonds is 5. The van der Waals surface area contributed by atoms with Crippen molar-refractivity contribution in [3.63, 3.8) is 0 Å². The van der Waals surface area contributed by atoms with Crippen LogP contribution in [0.4, 0.5) is 0 Å². The van der Waals surface area contributed by atoms with Gasteiger partial charge in [-0.1, -0.05) is 0 Å². The van der Waals surface area contributed by atoms with Crippen LogP contribution in [0.25, 0.3) is 0 Å². The highest BCUT2D eigenvalue weighted by Crippen LogP contribution is 2.41.